The highest BCUT2D eigenvalue weighted by Crippen LogP contribution is 2.06. The lowest BCUT2D eigenvalue weighted by Gasteiger charge is -2.13. The second kappa shape index (κ2) is 6.24. The van der Waals surface area contributed by atoms with Crippen molar-refractivity contribution < 1.29 is 4.79 Å². The van der Waals surface area contributed by atoms with Gasteiger partial charge in [0.2, 0.25) is 0 Å². The smallest absolute Gasteiger partial charge is 0.315 e. The first-order valence-electron chi connectivity index (χ1n) is 4.75. The lowest BCUT2D eigenvalue weighted by molar-refractivity contribution is 0.238. The van der Waals surface area contributed by atoms with Crippen molar-refractivity contribution in [2.75, 3.05) is 12.4 Å². The number of rotatable bonds is 4. The van der Waals surface area contributed by atoms with E-state index in [1.807, 2.05) is 25.1 Å². The average molecular weight is 228 g/mol. The van der Waals surface area contributed by atoms with Crippen molar-refractivity contribution in [3.63, 3.8) is 0 Å². The predicted octanol–water partition coefficient (Wildman–Crippen LogP) is 1.68. The third-order valence-corrected chi connectivity index (χ3v) is 2.05. The fourth-order valence-corrected chi connectivity index (χ4v) is 1.21. The molecule has 1 rings (SSSR count). The van der Waals surface area contributed by atoms with Crippen molar-refractivity contribution in [3.05, 3.63) is 30.1 Å². The molecule has 5 heteroatoms. The number of nitrogens with one attached hydrogen (secondary N) is 2. The van der Waals surface area contributed by atoms with Gasteiger partial charge in [0.05, 0.1) is 11.7 Å². The van der Waals surface area contributed by atoms with Crippen molar-refractivity contribution >= 4 is 17.6 Å². The number of urea groups is 1. The molecule has 0 saturated carbocycles. The van der Waals surface area contributed by atoms with E-state index >= 15 is 0 Å². The number of amides is 2. The highest BCUT2D eigenvalue weighted by Gasteiger charge is 2.08. The standard InChI is InChI=1S/C10H14ClN3O/c1-8(9-4-2-3-6-12-9)14-10(15)13-7-5-11/h2-4,6,8H,5,7H2,1H3,(H2,13,14,15). The molecule has 1 aromatic rings. The zero-order valence-corrected chi connectivity index (χ0v) is 9.29. The van der Waals surface area contributed by atoms with Crippen LogP contribution in [-0.2, 0) is 0 Å². The fraction of sp³-hybridized carbons (Fsp3) is 0.400. The fourth-order valence-electron chi connectivity index (χ4n) is 1.11. The van der Waals surface area contributed by atoms with E-state index in [1.165, 1.54) is 0 Å². The number of carbonyl (C=O) groups excluding carboxylic acids is 1. The van der Waals surface area contributed by atoms with Crippen LogP contribution in [0.4, 0.5) is 4.79 Å². The van der Waals surface area contributed by atoms with Crippen LogP contribution in [0.15, 0.2) is 24.4 Å². The molecule has 15 heavy (non-hydrogen) atoms. The molecule has 0 spiro atoms. The minimum Gasteiger partial charge on any atom is -0.337 e. The Labute approximate surface area is 94.0 Å². The number of carbonyl (C=O) groups is 1. The van der Waals surface area contributed by atoms with E-state index in [1.54, 1.807) is 6.20 Å². The second-order valence-electron chi connectivity index (χ2n) is 3.07. The Morgan fingerprint density at radius 3 is 3.00 bits per heavy atom. The maximum atomic E-state index is 11.3. The van der Waals surface area contributed by atoms with Crippen molar-refractivity contribution in [1.29, 1.82) is 0 Å². The van der Waals surface area contributed by atoms with E-state index in [-0.39, 0.29) is 12.1 Å². The highest BCUT2D eigenvalue weighted by atomic mass is 35.5. The van der Waals surface area contributed by atoms with Gasteiger partial charge in [-0.1, -0.05) is 6.07 Å². The molecule has 0 fully saturated rings. The maximum Gasteiger partial charge on any atom is 0.315 e. The summed E-state index contributed by atoms with van der Waals surface area (Å²) in [4.78, 5) is 15.4. The van der Waals surface area contributed by atoms with Crippen molar-refractivity contribution in [2.24, 2.45) is 0 Å². The van der Waals surface area contributed by atoms with Gasteiger partial charge in [0.1, 0.15) is 0 Å². The molecule has 1 aromatic heterocycles. The second-order valence-corrected chi connectivity index (χ2v) is 3.44. The minimum absolute atomic E-state index is 0.110. The molecule has 4 nitrogen and oxygen atoms in total. The minimum atomic E-state index is -0.228. The Hall–Kier alpha value is -1.29. The Kier molecular flexibility index (Phi) is 4.90. The van der Waals surface area contributed by atoms with Gasteiger partial charge in [-0.2, -0.15) is 0 Å². The molecule has 1 unspecified atom stereocenters. The molecule has 0 aromatic carbocycles. The van der Waals surface area contributed by atoms with Crippen LogP contribution in [0.5, 0.6) is 0 Å². The molecule has 0 bridgehead atoms. The van der Waals surface area contributed by atoms with E-state index in [9.17, 15) is 4.79 Å². The SMILES string of the molecule is CC(NC(=O)NCCCl)c1ccccn1. The van der Waals surface area contributed by atoms with Crippen LogP contribution in [0.25, 0.3) is 0 Å². The first kappa shape index (κ1) is 11.8. The summed E-state index contributed by atoms with van der Waals surface area (Å²) in [5, 5.41) is 5.38. The number of alkyl halides is 1. The van der Waals surface area contributed by atoms with Crippen molar-refractivity contribution in [2.45, 2.75) is 13.0 Å². The molecule has 0 aliphatic carbocycles. The quantitative estimate of drug-likeness (QED) is 0.769. The van der Waals surface area contributed by atoms with E-state index < -0.39 is 0 Å². The third kappa shape index (κ3) is 4.16. The molecule has 0 radical (unpaired) electrons. The topological polar surface area (TPSA) is 54.0 Å². The summed E-state index contributed by atoms with van der Waals surface area (Å²) in [5.41, 5.74) is 0.832. The van der Waals surface area contributed by atoms with Gasteiger partial charge in [0.15, 0.2) is 0 Å². The zero-order chi connectivity index (χ0) is 11.1. The highest BCUT2D eigenvalue weighted by molar-refractivity contribution is 6.18. The number of hydrogen-bond acceptors (Lipinski definition) is 2. The lowest BCUT2D eigenvalue weighted by Crippen LogP contribution is -2.38. The van der Waals surface area contributed by atoms with E-state index in [4.69, 9.17) is 11.6 Å². The van der Waals surface area contributed by atoms with Gasteiger partial charge in [-0.05, 0) is 19.1 Å². The molecule has 0 aliphatic heterocycles. The summed E-state index contributed by atoms with van der Waals surface area (Å²) in [7, 11) is 0. The van der Waals surface area contributed by atoms with Gasteiger partial charge in [-0.3, -0.25) is 4.98 Å². The Morgan fingerprint density at radius 1 is 1.60 bits per heavy atom. The number of nitrogens with zero attached hydrogens (tertiary/aromatic N) is 1. The molecular weight excluding hydrogens is 214 g/mol. The molecule has 0 saturated heterocycles. The van der Waals surface area contributed by atoms with Crippen LogP contribution < -0.4 is 10.6 Å². The summed E-state index contributed by atoms with van der Waals surface area (Å²) >= 11 is 5.44. The van der Waals surface area contributed by atoms with Gasteiger partial charge in [-0.15, -0.1) is 11.6 Å². The van der Waals surface area contributed by atoms with Gasteiger partial charge in [0.25, 0.3) is 0 Å². The summed E-state index contributed by atoms with van der Waals surface area (Å²) in [5.74, 6) is 0.408. The molecule has 82 valence electrons. The number of pyridine rings is 1. The molecule has 1 heterocycles. The first-order chi connectivity index (χ1) is 7.24. The summed E-state index contributed by atoms with van der Waals surface area (Å²) < 4.78 is 0. The molecular formula is C10H14ClN3O. The van der Waals surface area contributed by atoms with Crippen LogP contribution in [0.3, 0.4) is 0 Å². The number of halogens is 1. The lowest BCUT2D eigenvalue weighted by atomic mass is 10.2. The average Bonchev–Trinajstić information content (AvgIpc) is 2.27. The van der Waals surface area contributed by atoms with Crippen molar-refractivity contribution in [3.8, 4) is 0 Å². The van der Waals surface area contributed by atoms with Crippen LogP contribution in [0.2, 0.25) is 0 Å². The first-order valence-corrected chi connectivity index (χ1v) is 5.28. The van der Waals surface area contributed by atoms with Gasteiger partial charge >= 0.3 is 6.03 Å². The molecule has 1 atom stereocenters. The van der Waals surface area contributed by atoms with Gasteiger partial charge in [-0.25, -0.2) is 4.79 Å². The predicted molar refractivity (Wildman–Crippen MR) is 59.9 cm³/mol. The van der Waals surface area contributed by atoms with E-state index in [0.717, 1.165) is 5.69 Å². The summed E-state index contributed by atoms with van der Waals surface area (Å²) in [6.07, 6.45) is 1.70. The summed E-state index contributed by atoms with van der Waals surface area (Å²) in [6.45, 7) is 2.34. The maximum absolute atomic E-state index is 11.3. The van der Waals surface area contributed by atoms with Crippen molar-refractivity contribution in [1.82, 2.24) is 15.6 Å². The van der Waals surface area contributed by atoms with E-state index in [0.29, 0.717) is 12.4 Å². The van der Waals surface area contributed by atoms with Crippen LogP contribution in [0.1, 0.15) is 18.7 Å². The Balaban J connectivity index is 2.42. The molecule has 2 N–H and O–H groups in total. The largest absolute Gasteiger partial charge is 0.337 e. The Bertz CT molecular complexity index is 305. The zero-order valence-electron chi connectivity index (χ0n) is 8.53. The van der Waals surface area contributed by atoms with E-state index in [2.05, 4.69) is 15.6 Å². The van der Waals surface area contributed by atoms with Crippen LogP contribution in [-0.4, -0.2) is 23.4 Å². The molecule has 2 amide bonds. The van der Waals surface area contributed by atoms with Gasteiger partial charge in [0, 0.05) is 18.6 Å². The molecule has 0 aliphatic rings. The normalized spacial score (nSPS) is 11.9. The monoisotopic (exact) mass is 227 g/mol. The third-order valence-electron chi connectivity index (χ3n) is 1.86. The number of aromatic nitrogens is 1. The van der Waals surface area contributed by atoms with Crippen LogP contribution >= 0.6 is 11.6 Å². The Morgan fingerprint density at radius 2 is 2.40 bits per heavy atom. The van der Waals surface area contributed by atoms with Crippen LogP contribution in [0, 0.1) is 0 Å². The summed E-state index contributed by atoms with van der Waals surface area (Å²) in [6, 6.07) is 5.25. The van der Waals surface area contributed by atoms with Gasteiger partial charge < -0.3 is 10.6 Å². The number of hydrogen-bond donors (Lipinski definition) is 2.